The summed E-state index contributed by atoms with van der Waals surface area (Å²) in [5.41, 5.74) is 5.39. The molecule has 0 unspecified atom stereocenters. The number of carboxylic acids is 1. The molecule has 0 saturated carbocycles. The normalized spacial score (nSPS) is 18.1. The van der Waals surface area contributed by atoms with Gasteiger partial charge in [-0.15, -0.1) is 0 Å². The van der Waals surface area contributed by atoms with Crippen molar-refractivity contribution in [3.05, 3.63) is 65.0 Å². The van der Waals surface area contributed by atoms with Crippen molar-refractivity contribution >= 4 is 28.1 Å². The Labute approximate surface area is 193 Å². The molecular formula is C26H27N5O2. The van der Waals surface area contributed by atoms with Crippen LogP contribution in [0.25, 0.3) is 10.8 Å². The minimum absolute atomic E-state index is 0.0788. The van der Waals surface area contributed by atoms with Gasteiger partial charge in [0.15, 0.2) is 5.69 Å². The molecule has 168 valence electrons. The lowest BCUT2D eigenvalue weighted by atomic mass is 9.97. The van der Waals surface area contributed by atoms with E-state index in [1.54, 1.807) is 6.07 Å². The lowest BCUT2D eigenvalue weighted by Gasteiger charge is -2.38. The highest BCUT2D eigenvalue weighted by Crippen LogP contribution is 2.35. The van der Waals surface area contributed by atoms with E-state index in [0.717, 1.165) is 48.7 Å². The minimum Gasteiger partial charge on any atom is -0.477 e. The van der Waals surface area contributed by atoms with Crippen molar-refractivity contribution in [2.24, 2.45) is 0 Å². The molecule has 5 rings (SSSR count). The molecule has 0 aliphatic carbocycles. The first-order chi connectivity index (χ1) is 16.0. The van der Waals surface area contributed by atoms with Gasteiger partial charge in [0.1, 0.15) is 0 Å². The summed E-state index contributed by atoms with van der Waals surface area (Å²) in [5.74, 6) is -1.01. The Morgan fingerprint density at radius 3 is 2.82 bits per heavy atom. The Bertz CT molecular complexity index is 1260. The highest BCUT2D eigenvalue weighted by molar-refractivity contribution is 5.97. The molecule has 2 N–H and O–H groups in total. The summed E-state index contributed by atoms with van der Waals surface area (Å²) in [7, 11) is 0. The number of aromatic nitrogens is 1. The van der Waals surface area contributed by atoms with Gasteiger partial charge in [-0.3, -0.25) is 0 Å². The van der Waals surface area contributed by atoms with E-state index in [-0.39, 0.29) is 11.7 Å². The third-order valence-electron chi connectivity index (χ3n) is 6.74. The maximum atomic E-state index is 11.9. The number of nitrogens with zero attached hydrogens (tertiary/aromatic N) is 4. The van der Waals surface area contributed by atoms with Crippen molar-refractivity contribution in [3.8, 4) is 6.07 Å². The summed E-state index contributed by atoms with van der Waals surface area (Å²) >= 11 is 0. The molecule has 2 aromatic carbocycles. The van der Waals surface area contributed by atoms with Gasteiger partial charge >= 0.3 is 5.97 Å². The summed E-state index contributed by atoms with van der Waals surface area (Å²) in [6, 6.07) is 16.7. The van der Waals surface area contributed by atoms with Gasteiger partial charge < -0.3 is 20.2 Å². The number of anilines is 2. The van der Waals surface area contributed by atoms with Crippen LogP contribution >= 0.6 is 0 Å². The molecule has 3 aromatic rings. The summed E-state index contributed by atoms with van der Waals surface area (Å²) in [6.07, 6.45) is 1.23. The van der Waals surface area contributed by atoms with Gasteiger partial charge in [0.05, 0.1) is 24.7 Å². The van der Waals surface area contributed by atoms with Crippen LogP contribution in [-0.2, 0) is 13.0 Å². The van der Waals surface area contributed by atoms with Crippen LogP contribution in [-0.4, -0.2) is 48.3 Å². The predicted molar refractivity (Wildman–Crippen MR) is 129 cm³/mol. The highest BCUT2D eigenvalue weighted by atomic mass is 16.4. The standard InChI is InChI=1S/C26H27N5O2/c1-17-4-2-5-18-6-3-7-23(25(17)18)30-12-9-20-22(16-30)29-21(26(32)33)14-24(20)31-13-11-28-19(15-31)8-10-27/h2-7,14,19,28H,8-9,11-13,15-16H2,1H3,(H,32,33)/t19-/m0/s1. The number of fused-ring (bicyclic) bond motifs is 2. The Kier molecular flexibility index (Phi) is 5.61. The smallest absolute Gasteiger partial charge is 0.354 e. The van der Waals surface area contributed by atoms with Gasteiger partial charge in [-0.2, -0.15) is 5.26 Å². The topological polar surface area (TPSA) is 92.5 Å². The van der Waals surface area contributed by atoms with Crippen molar-refractivity contribution in [2.45, 2.75) is 32.4 Å². The fraction of sp³-hybridized carbons (Fsp3) is 0.346. The SMILES string of the molecule is Cc1cccc2cccc(N3CCc4c(N5CCN[C@@H](CC#N)C5)cc(C(=O)O)nc4C3)c12. The number of nitriles is 1. The van der Waals surface area contributed by atoms with Crippen molar-refractivity contribution < 1.29 is 9.90 Å². The number of aromatic carboxylic acids is 1. The maximum Gasteiger partial charge on any atom is 0.354 e. The van der Waals surface area contributed by atoms with Crippen LogP contribution in [0.4, 0.5) is 11.4 Å². The van der Waals surface area contributed by atoms with E-state index in [1.165, 1.54) is 16.3 Å². The molecular weight excluding hydrogens is 414 g/mol. The van der Waals surface area contributed by atoms with E-state index in [1.807, 2.05) is 0 Å². The number of hydrogen-bond acceptors (Lipinski definition) is 6. The van der Waals surface area contributed by atoms with E-state index in [9.17, 15) is 9.90 Å². The Balaban J connectivity index is 1.54. The van der Waals surface area contributed by atoms with Crippen LogP contribution in [0.15, 0.2) is 42.5 Å². The molecule has 0 radical (unpaired) electrons. The molecule has 3 heterocycles. The lowest BCUT2D eigenvalue weighted by molar-refractivity contribution is 0.0690. The number of aryl methyl sites for hydroxylation is 1. The van der Waals surface area contributed by atoms with E-state index in [2.05, 4.69) is 69.5 Å². The fourth-order valence-corrected chi connectivity index (χ4v) is 5.18. The molecule has 0 spiro atoms. The molecule has 1 saturated heterocycles. The van der Waals surface area contributed by atoms with E-state index >= 15 is 0 Å². The van der Waals surface area contributed by atoms with E-state index in [0.29, 0.717) is 19.5 Å². The second-order valence-electron chi connectivity index (χ2n) is 8.84. The van der Waals surface area contributed by atoms with Gasteiger partial charge in [-0.1, -0.05) is 30.3 Å². The molecule has 1 fully saturated rings. The van der Waals surface area contributed by atoms with E-state index < -0.39 is 5.97 Å². The summed E-state index contributed by atoms with van der Waals surface area (Å²) < 4.78 is 0. The molecule has 1 atom stereocenters. The molecule has 7 heteroatoms. The average Bonchev–Trinajstić information content (AvgIpc) is 2.83. The molecule has 2 aliphatic rings. The number of nitrogens with one attached hydrogen (secondary N) is 1. The minimum atomic E-state index is -1.01. The van der Waals surface area contributed by atoms with Crippen LogP contribution < -0.4 is 15.1 Å². The average molecular weight is 442 g/mol. The van der Waals surface area contributed by atoms with Gasteiger partial charge in [0.2, 0.25) is 0 Å². The van der Waals surface area contributed by atoms with Crippen LogP contribution in [0.1, 0.15) is 33.7 Å². The Morgan fingerprint density at radius 2 is 2.03 bits per heavy atom. The zero-order valence-electron chi connectivity index (χ0n) is 18.7. The zero-order valence-corrected chi connectivity index (χ0v) is 18.7. The molecule has 0 bridgehead atoms. The second kappa shape index (κ2) is 8.72. The first-order valence-electron chi connectivity index (χ1n) is 11.4. The fourth-order valence-electron chi connectivity index (χ4n) is 5.18. The third-order valence-corrected chi connectivity index (χ3v) is 6.74. The lowest BCUT2D eigenvalue weighted by Crippen LogP contribution is -2.51. The first-order valence-corrected chi connectivity index (χ1v) is 11.4. The second-order valence-corrected chi connectivity index (χ2v) is 8.84. The van der Waals surface area contributed by atoms with Crippen LogP contribution in [0.2, 0.25) is 0 Å². The highest BCUT2D eigenvalue weighted by Gasteiger charge is 2.28. The van der Waals surface area contributed by atoms with Gasteiger partial charge in [-0.05, 0) is 36.4 Å². The van der Waals surface area contributed by atoms with Crippen LogP contribution in [0.5, 0.6) is 0 Å². The number of piperazine rings is 1. The molecule has 0 amide bonds. The summed E-state index contributed by atoms with van der Waals surface area (Å²) in [6.45, 7) is 5.79. The monoisotopic (exact) mass is 441 g/mol. The van der Waals surface area contributed by atoms with Gasteiger partial charge in [0, 0.05) is 54.5 Å². The van der Waals surface area contributed by atoms with Crippen LogP contribution in [0, 0.1) is 18.3 Å². The number of rotatable bonds is 4. The van der Waals surface area contributed by atoms with Crippen molar-refractivity contribution in [1.29, 1.82) is 5.26 Å². The predicted octanol–water partition coefficient (Wildman–Crippen LogP) is 3.50. The molecule has 7 nitrogen and oxygen atoms in total. The maximum absolute atomic E-state index is 11.9. The number of carbonyl (C=O) groups is 1. The zero-order chi connectivity index (χ0) is 22.9. The quantitative estimate of drug-likeness (QED) is 0.640. The molecule has 2 aliphatic heterocycles. The number of carboxylic acid groups (broad SMARTS) is 1. The van der Waals surface area contributed by atoms with Crippen molar-refractivity contribution in [3.63, 3.8) is 0 Å². The Morgan fingerprint density at radius 1 is 1.21 bits per heavy atom. The number of pyridine rings is 1. The van der Waals surface area contributed by atoms with Crippen molar-refractivity contribution in [2.75, 3.05) is 36.0 Å². The van der Waals surface area contributed by atoms with Gasteiger partial charge in [-0.25, -0.2) is 9.78 Å². The first kappa shape index (κ1) is 21.2. The summed E-state index contributed by atoms with van der Waals surface area (Å²) in [5, 5.41) is 24.7. The third kappa shape index (κ3) is 3.98. The van der Waals surface area contributed by atoms with Crippen molar-refractivity contribution in [1.82, 2.24) is 10.3 Å². The Hall–Kier alpha value is -3.63. The number of hydrogen-bond donors (Lipinski definition) is 2. The largest absolute Gasteiger partial charge is 0.477 e. The summed E-state index contributed by atoms with van der Waals surface area (Å²) in [4.78, 5) is 21.0. The van der Waals surface area contributed by atoms with E-state index in [4.69, 9.17) is 5.26 Å². The number of benzene rings is 2. The van der Waals surface area contributed by atoms with Crippen LogP contribution in [0.3, 0.4) is 0 Å². The molecule has 33 heavy (non-hydrogen) atoms. The molecule has 1 aromatic heterocycles. The van der Waals surface area contributed by atoms with Gasteiger partial charge in [0.25, 0.3) is 0 Å².